The van der Waals surface area contributed by atoms with E-state index >= 15 is 0 Å². The van der Waals surface area contributed by atoms with E-state index in [-0.39, 0.29) is 12.3 Å². The van der Waals surface area contributed by atoms with Crippen molar-refractivity contribution >= 4 is 11.9 Å². The van der Waals surface area contributed by atoms with Gasteiger partial charge >= 0.3 is 5.97 Å². The molecule has 24 heavy (non-hydrogen) atoms. The van der Waals surface area contributed by atoms with Crippen molar-refractivity contribution in [1.29, 1.82) is 0 Å². The molecule has 5 nitrogen and oxygen atoms in total. The fourth-order valence-electron chi connectivity index (χ4n) is 2.96. The Bertz CT molecular complexity index is 569. The van der Waals surface area contributed by atoms with Gasteiger partial charge in [-0.3, -0.25) is 4.79 Å². The van der Waals surface area contributed by atoms with Gasteiger partial charge < -0.3 is 15.2 Å². The number of carbonyl (C=O) groups is 2. The Hall–Kier alpha value is -1.95. The van der Waals surface area contributed by atoms with E-state index in [4.69, 9.17) is 4.74 Å². The predicted molar refractivity (Wildman–Crippen MR) is 86.9 cm³/mol. The van der Waals surface area contributed by atoms with Crippen LogP contribution < -0.4 is 5.32 Å². The van der Waals surface area contributed by atoms with Crippen molar-refractivity contribution < 1.29 is 23.8 Å². The summed E-state index contributed by atoms with van der Waals surface area (Å²) in [5.74, 6) is -1.35. The number of ether oxygens (including phenoxy) is 1. The quantitative estimate of drug-likeness (QED) is 0.802. The Kier molecular flexibility index (Phi) is 6.31. The Morgan fingerprint density at radius 2 is 1.92 bits per heavy atom. The number of carboxylic acid groups (broad SMARTS) is 1. The van der Waals surface area contributed by atoms with Crippen molar-refractivity contribution in [1.82, 2.24) is 5.32 Å². The van der Waals surface area contributed by atoms with Crippen LogP contribution >= 0.6 is 0 Å². The third-order valence-electron chi connectivity index (χ3n) is 4.60. The monoisotopic (exact) mass is 337 g/mol. The Labute approximate surface area is 141 Å². The number of amides is 1. The lowest BCUT2D eigenvalue weighted by Crippen LogP contribution is -2.49. The molecule has 0 aliphatic carbocycles. The highest BCUT2D eigenvalue weighted by atomic mass is 19.1. The van der Waals surface area contributed by atoms with Crippen molar-refractivity contribution in [3.05, 3.63) is 35.6 Å². The molecule has 1 heterocycles. The topological polar surface area (TPSA) is 75.6 Å². The third-order valence-corrected chi connectivity index (χ3v) is 4.60. The van der Waals surface area contributed by atoms with Gasteiger partial charge in [-0.15, -0.1) is 0 Å². The standard InChI is InChI=1S/C18H24FNO4/c1-18(17(22)23,14-5-7-15(19)8-6-14)20-16(21)4-2-3-13-9-11-24-12-10-13/h5-8,13H,2-4,9-12H2,1H3,(H,20,21)(H,22,23). The van der Waals surface area contributed by atoms with E-state index in [0.29, 0.717) is 11.5 Å². The summed E-state index contributed by atoms with van der Waals surface area (Å²) in [5.41, 5.74) is -1.22. The van der Waals surface area contributed by atoms with Crippen molar-refractivity contribution in [3.8, 4) is 0 Å². The number of hydrogen-bond donors (Lipinski definition) is 2. The largest absolute Gasteiger partial charge is 0.479 e. The average molecular weight is 337 g/mol. The molecule has 6 heteroatoms. The number of carboxylic acids is 1. The molecule has 1 aromatic carbocycles. The predicted octanol–water partition coefficient (Wildman–Crippen LogP) is 2.84. The lowest BCUT2D eigenvalue weighted by Gasteiger charge is -2.27. The fraction of sp³-hybridized carbons (Fsp3) is 0.556. The molecule has 1 amide bonds. The minimum Gasteiger partial charge on any atom is -0.479 e. The maximum Gasteiger partial charge on any atom is 0.333 e. The van der Waals surface area contributed by atoms with Crippen molar-refractivity contribution in [2.45, 2.75) is 44.6 Å². The first kappa shape index (κ1) is 18.4. The summed E-state index contributed by atoms with van der Waals surface area (Å²) in [4.78, 5) is 23.8. The average Bonchev–Trinajstić information content (AvgIpc) is 2.56. The van der Waals surface area contributed by atoms with Gasteiger partial charge in [0.05, 0.1) is 0 Å². The Balaban J connectivity index is 1.90. The van der Waals surface area contributed by atoms with Gasteiger partial charge in [-0.2, -0.15) is 0 Å². The van der Waals surface area contributed by atoms with E-state index in [1.807, 2.05) is 0 Å². The SMILES string of the molecule is CC(NC(=O)CCCC1CCOCC1)(C(=O)O)c1ccc(F)cc1. The van der Waals surface area contributed by atoms with Crippen LogP contribution in [0.3, 0.4) is 0 Å². The molecule has 1 aliphatic rings. The molecule has 0 aromatic heterocycles. The molecular formula is C18H24FNO4. The first-order chi connectivity index (χ1) is 11.4. The maximum absolute atomic E-state index is 13.0. The summed E-state index contributed by atoms with van der Waals surface area (Å²) in [6.07, 6.45) is 3.97. The van der Waals surface area contributed by atoms with Gasteiger partial charge in [0.2, 0.25) is 5.91 Å². The number of halogens is 1. The van der Waals surface area contributed by atoms with Gasteiger partial charge in [-0.25, -0.2) is 9.18 Å². The third kappa shape index (κ3) is 4.77. The van der Waals surface area contributed by atoms with Gasteiger partial charge in [0.25, 0.3) is 0 Å². The maximum atomic E-state index is 13.0. The molecule has 1 saturated heterocycles. The molecule has 0 spiro atoms. The van der Waals surface area contributed by atoms with Crippen LogP contribution in [-0.4, -0.2) is 30.2 Å². The highest BCUT2D eigenvalue weighted by Gasteiger charge is 2.36. The zero-order valence-corrected chi connectivity index (χ0v) is 13.9. The number of rotatable bonds is 7. The van der Waals surface area contributed by atoms with Gasteiger partial charge in [0, 0.05) is 19.6 Å². The normalized spacial score (nSPS) is 17.9. The Morgan fingerprint density at radius 1 is 1.29 bits per heavy atom. The van der Waals surface area contributed by atoms with Crippen molar-refractivity contribution in [2.75, 3.05) is 13.2 Å². The molecule has 0 radical (unpaired) electrons. The molecule has 1 fully saturated rings. The fourth-order valence-corrected chi connectivity index (χ4v) is 2.96. The molecule has 1 aromatic rings. The molecule has 0 saturated carbocycles. The van der Waals surface area contributed by atoms with Gasteiger partial charge in [-0.1, -0.05) is 12.1 Å². The summed E-state index contributed by atoms with van der Waals surface area (Å²) in [6.45, 7) is 2.97. The highest BCUT2D eigenvalue weighted by Crippen LogP contribution is 2.23. The molecule has 2 rings (SSSR count). The van der Waals surface area contributed by atoms with Crippen molar-refractivity contribution in [2.24, 2.45) is 5.92 Å². The Morgan fingerprint density at radius 3 is 2.50 bits per heavy atom. The van der Waals surface area contributed by atoms with Gasteiger partial charge in [0.15, 0.2) is 5.54 Å². The molecule has 1 atom stereocenters. The molecule has 0 bridgehead atoms. The summed E-state index contributed by atoms with van der Waals surface area (Å²) >= 11 is 0. The van der Waals surface area contributed by atoms with E-state index in [2.05, 4.69) is 5.32 Å². The second-order valence-electron chi connectivity index (χ2n) is 6.43. The van der Waals surface area contributed by atoms with Crippen LogP contribution in [0.25, 0.3) is 0 Å². The minimum atomic E-state index is -1.57. The van der Waals surface area contributed by atoms with E-state index in [1.165, 1.54) is 31.2 Å². The number of aliphatic carboxylic acids is 1. The second kappa shape index (κ2) is 8.24. The zero-order valence-electron chi connectivity index (χ0n) is 13.9. The zero-order chi connectivity index (χ0) is 17.6. The number of carbonyl (C=O) groups excluding carboxylic acids is 1. The smallest absolute Gasteiger partial charge is 0.333 e. The first-order valence-electron chi connectivity index (χ1n) is 8.30. The lowest BCUT2D eigenvalue weighted by atomic mass is 9.91. The van der Waals surface area contributed by atoms with Crippen LogP contribution in [0.1, 0.15) is 44.6 Å². The van der Waals surface area contributed by atoms with Crippen LogP contribution in [0.5, 0.6) is 0 Å². The van der Waals surface area contributed by atoms with E-state index in [1.54, 1.807) is 0 Å². The van der Waals surface area contributed by atoms with Crippen LogP contribution in [0.15, 0.2) is 24.3 Å². The van der Waals surface area contributed by atoms with E-state index in [9.17, 15) is 19.1 Å². The van der Waals surface area contributed by atoms with Crippen LogP contribution in [0, 0.1) is 11.7 Å². The lowest BCUT2D eigenvalue weighted by molar-refractivity contribution is -0.147. The number of nitrogens with one attached hydrogen (secondary N) is 1. The molecule has 1 unspecified atom stereocenters. The van der Waals surface area contributed by atoms with Crippen LogP contribution in [0.4, 0.5) is 4.39 Å². The number of benzene rings is 1. The van der Waals surface area contributed by atoms with Crippen LogP contribution in [-0.2, 0) is 19.9 Å². The second-order valence-corrected chi connectivity index (χ2v) is 6.43. The van der Waals surface area contributed by atoms with Gasteiger partial charge in [-0.05, 0) is 56.2 Å². The van der Waals surface area contributed by atoms with Crippen LogP contribution in [0.2, 0.25) is 0 Å². The summed E-state index contributed by atoms with van der Waals surface area (Å²) in [5, 5.41) is 12.1. The molecule has 132 valence electrons. The highest BCUT2D eigenvalue weighted by molar-refractivity contribution is 5.87. The van der Waals surface area contributed by atoms with E-state index < -0.39 is 17.3 Å². The number of hydrogen-bond acceptors (Lipinski definition) is 3. The molecule has 2 N–H and O–H groups in total. The minimum absolute atomic E-state index is 0.279. The van der Waals surface area contributed by atoms with Gasteiger partial charge in [0.1, 0.15) is 5.82 Å². The van der Waals surface area contributed by atoms with E-state index in [0.717, 1.165) is 38.9 Å². The molecular weight excluding hydrogens is 313 g/mol. The summed E-state index contributed by atoms with van der Waals surface area (Å²) < 4.78 is 18.3. The van der Waals surface area contributed by atoms with Crippen molar-refractivity contribution in [3.63, 3.8) is 0 Å². The first-order valence-corrected chi connectivity index (χ1v) is 8.30. The summed E-state index contributed by atoms with van der Waals surface area (Å²) in [6, 6.07) is 5.14. The molecule has 1 aliphatic heterocycles. The summed E-state index contributed by atoms with van der Waals surface area (Å²) in [7, 11) is 0.